The predicted octanol–water partition coefficient (Wildman–Crippen LogP) is 0.230. The van der Waals surface area contributed by atoms with Crippen molar-refractivity contribution in [3.05, 3.63) is 24.4 Å². The van der Waals surface area contributed by atoms with Gasteiger partial charge in [-0.1, -0.05) is 0 Å². The van der Waals surface area contributed by atoms with E-state index in [9.17, 15) is 4.79 Å². The summed E-state index contributed by atoms with van der Waals surface area (Å²) in [7, 11) is 0. The minimum Gasteiger partial charge on any atom is -0.466 e. The van der Waals surface area contributed by atoms with E-state index in [4.69, 9.17) is 4.74 Å². The second-order valence-electron chi connectivity index (χ2n) is 2.91. The van der Waals surface area contributed by atoms with E-state index in [1.165, 1.54) is 0 Å². The molecule has 0 saturated heterocycles. The average molecular weight is 206 g/mol. The van der Waals surface area contributed by atoms with Crippen molar-refractivity contribution < 1.29 is 9.53 Å². The number of esters is 1. The molecule has 0 N–H and O–H groups in total. The van der Waals surface area contributed by atoms with E-state index in [1.54, 1.807) is 29.9 Å². The Labute approximate surface area is 85.9 Å². The van der Waals surface area contributed by atoms with Gasteiger partial charge in [0.15, 0.2) is 5.65 Å². The van der Waals surface area contributed by atoms with Crippen LogP contribution < -0.4 is 0 Å². The number of nitrogens with zero attached hydrogens (tertiary/aromatic N) is 4. The maximum Gasteiger partial charge on any atom is 0.313 e. The van der Waals surface area contributed by atoms with Gasteiger partial charge >= 0.3 is 5.97 Å². The van der Waals surface area contributed by atoms with Crippen molar-refractivity contribution in [3.8, 4) is 0 Å². The highest BCUT2D eigenvalue weighted by atomic mass is 16.5. The molecule has 0 spiro atoms. The molecule has 0 aromatic carbocycles. The van der Waals surface area contributed by atoms with Crippen molar-refractivity contribution in [2.24, 2.45) is 0 Å². The van der Waals surface area contributed by atoms with E-state index in [-0.39, 0.29) is 12.4 Å². The molecule has 0 radical (unpaired) electrons. The molecule has 0 aliphatic heterocycles. The largest absolute Gasteiger partial charge is 0.466 e. The van der Waals surface area contributed by atoms with E-state index in [0.717, 1.165) is 0 Å². The number of carbonyl (C=O) groups is 1. The lowest BCUT2D eigenvalue weighted by atomic mass is 10.4. The molecule has 0 atom stereocenters. The standard InChI is InChI=1S/C9H10N4O2/c1-2-15-9(14)5-8-12-11-7-3-4-10-6-13(7)8/h3-4,6H,2,5H2,1H3. The molecule has 78 valence electrons. The molecule has 6 heteroatoms. The molecule has 15 heavy (non-hydrogen) atoms. The van der Waals surface area contributed by atoms with Crippen molar-refractivity contribution in [2.75, 3.05) is 6.61 Å². The average Bonchev–Trinajstić information content (AvgIpc) is 2.62. The Kier molecular flexibility index (Phi) is 2.57. The van der Waals surface area contributed by atoms with E-state index in [0.29, 0.717) is 18.1 Å². The molecule has 0 amide bonds. The Morgan fingerprint density at radius 2 is 2.40 bits per heavy atom. The smallest absolute Gasteiger partial charge is 0.313 e. The molecule has 2 aromatic heterocycles. The van der Waals surface area contributed by atoms with Crippen molar-refractivity contribution in [3.63, 3.8) is 0 Å². The Morgan fingerprint density at radius 1 is 1.53 bits per heavy atom. The molecule has 2 aromatic rings. The van der Waals surface area contributed by atoms with Crippen molar-refractivity contribution in [1.29, 1.82) is 0 Å². The highest BCUT2D eigenvalue weighted by Gasteiger charge is 2.10. The Hall–Kier alpha value is -1.98. The van der Waals surface area contributed by atoms with Crippen LogP contribution in [-0.2, 0) is 16.0 Å². The SMILES string of the molecule is CCOC(=O)Cc1nnc2ccncn12. The third-order valence-corrected chi connectivity index (χ3v) is 1.89. The van der Waals surface area contributed by atoms with E-state index in [1.807, 2.05) is 0 Å². The summed E-state index contributed by atoms with van der Waals surface area (Å²) in [4.78, 5) is 15.2. The third kappa shape index (κ3) is 1.93. The van der Waals surface area contributed by atoms with Gasteiger partial charge in [0, 0.05) is 12.3 Å². The fourth-order valence-corrected chi connectivity index (χ4v) is 1.25. The van der Waals surface area contributed by atoms with Gasteiger partial charge < -0.3 is 4.74 Å². The fraction of sp³-hybridized carbons (Fsp3) is 0.333. The van der Waals surface area contributed by atoms with Crippen molar-refractivity contribution in [2.45, 2.75) is 13.3 Å². The topological polar surface area (TPSA) is 69.4 Å². The summed E-state index contributed by atoms with van der Waals surface area (Å²) >= 11 is 0. The number of hydrogen-bond donors (Lipinski definition) is 0. The van der Waals surface area contributed by atoms with Crippen LogP contribution in [0, 0.1) is 0 Å². The van der Waals surface area contributed by atoms with Crippen molar-refractivity contribution in [1.82, 2.24) is 19.6 Å². The zero-order valence-corrected chi connectivity index (χ0v) is 8.25. The molecule has 2 heterocycles. The van der Waals surface area contributed by atoms with Gasteiger partial charge in [0.2, 0.25) is 0 Å². The molecule has 0 bridgehead atoms. The molecule has 0 fully saturated rings. The summed E-state index contributed by atoms with van der Waals surface area (Å²) in [6.45, 7) is 2.13. The summed E-state index contributed by atoms with van der Waals surface area (Å²) in [6, 6.07) is 1.72. The lowest BCUT2D eigenvalue weighted by Gasteiger charge is -1.99. The maximum atomic E-state index is 11.2. The monoisotopic (exact) mass is 206 g/mol. The second-order valence-corrected chi connectivity index (χ2v) is 2.91. The molecule has 0 saturated carbocycles. The molecular weight excluding hydrogens is 196 g/mol. The first-order valence-electron chi connectivity index (χ1n) is 4.60. The summed E-state index contributed by atoms with van der Waals surface area (Å²) in [5, 5.41) is 7.79. The van der Waals surface area contributed by atoms with Gasteiger partial charge in [0.1, 0.15) is 18.6 Å². The lowest BCUT2D eigenvalue weighted by Crippen LogP contribution is -2.10. The highest BCUT2D eigenvalue weighted by Crippen LogP contribution is 2.02. The quantitative estimate of drug-likeness (QED) is 0.672. The third-order valence-electron chi connectivity index (χ3n) is 1.89. The van der Waals surface area contributed by atoms with Crippen LogP contribution in [-0.4, -0.2) is 32.2 Å². The van der Waals surface area contributed by atoms with Gasteiger partial charge in [-0.3, -0.25) is 9.20 Å². The predicted molar refractivity (Wildman–Crippen MR) is 51.1 cm³/mol. The van der Waals surface area contributed by atoms with Gasteiger partial charge in [-0.05, 0) is 6.92 Å². The first kappa shape index (κ1) is 9.57. The van der Waals surface area contributed by atoms with Crippen LogP contribution in [0.5, 0.6) is 0 Å². The molecule has 0 aliphatic rings. The van der Waals surface area contributed by atoms with Gasteiger partial charge in [-0.2, -0.15) is 0 Å². The summed E-state index contributed by atoms with van der Waals surface area (Å²) in [6.07, 6.45) is 3.31. The van der Waals surface area contributed by atoms with Crippen LogP contribution in [0.15, 0.2) is 18.6 Å². The van der Waals surface area contributed by atoms with Crippen molar-refractivity contribution >= 4 is 11.6 Å². The maximum absolute atomic E-state index is 11.2. The fourth-order valence-electron chi connectivity index (χ4n) is 1.25. The Balaban J connectivity index is 2.25. The number of hydrogen-bond acceptors (Lipinski definition) is 5. The molecule has 2 rings (SSSR count). The number of carbonyl (C=O) groups excluding carboxylic acids is 1. The van der Waals surface area contributed by atoms with Crippen LogP contribution >= 0.6 is 0 Å². The van der Waals surface area contributed by atoms with E-state index < -0.39 is 0 Å². The lowest BCUT2D eigenvalue weighted by molar-refractivity contribution is -0.142. The summed E-state index contributed by atoms with van der Waals surface area (Å²) in [5.74, 6) is 0.229. The van der Waals surface area contributed by atoms with Crippen LogP contribution in [0.1, 0.15) is 12.7 Å². The van der Waals surface area contributed by atoms with Crippen LogP contribution in [0.2, 0.25) is 0 Å². The van der Waals surface area contributed by atoms with Crippen LogP contribution in [0.3, 0.4) is 0 Å². The normalized spacial score (nSPS) is 10.5. The Morgan fingerprint density at radius 3 is 3.20 bits per heavy atom. The zero-order valence-electron chi connectivity index (χ0n) is 8.25. The van der Waals surface area contributed by atoms with Crippen LogP contribution in [0.4, 0.5) is 0 Å². The van der Waals surface area contributed by atoms with Gasteiger partial charge in [0.25, 0.3) is 0 Å². The minimum atomic E-state index is -0.310. The number of rotatable bonds is 3. The van der Waals surface area contributed by atoms with Gasteiger partial charge in [0.05, 0.1) is 6.61 Å². The number of ether oxygens (including phenoxy) is 1. The van der Waals surface area contributed by atoms with Gasteiger partial charge in [-0.15, -0.1) is 10.2 Å². The Bertz CT molecular complexity index is 480. The number of aromatic nitrogens is 4. The zero-order chi connectivity index (χ0) is 10.7. The van der Waals surface area contributed by atoms with Crippen LogP contribution in [0.25, 0.3) is 5.65 Å². The highest BCUT2D eigenvalue weighted by molar-refractivity contribution is 5.71. The summed E-state index contributed by atoms with van der Waals surface area (Å²) in [5.41, 5.74) is 0.671. The molecule has 0 aliphatic carbocycles. The summed E-state index contributed by atoms with van der Waals surface area (Å²) < 4.78 is 6.49. The first-order chi connectivity index (χ1) is 7.31. The molecule has 6 nitrogen and oxygen atoms in total. The first-order valence-corrected chi connectivity index (χ1v) is 4.60. The minimum absolute atomic E-state index is 0.112. The molecular formula is C9H10N4O2. The second kappa shape index (κ2) is 4.04. The number of fused-ring (bicyclic) bond motifs is 1. The van der Waals surface area contributed by atoms with E-state index in [2.05, 4.69) is 15.2 Å². The van der Waals surface area contributed by atoms with E-state index >= 15 is 0 Å². The van der Waals surface area contributed by atoms with Gasteiger partial charge in [-0.25, -0.2) is 4.98 Å². The molecule has 0 unspecified atom stereocenters.